The molecule has 0 radical (unpaired) electrons. The van der Waals surface area contributed by atoms with Crippen LogP contribution >= 0.6 is 0 Å². The third-order valence-corrected chi connectivity index (χ3v) is 8.82. The fraction of sp³-hybridized carbons (Fsp3) is 0.425. The Kier molecular flexibility index (Phi) is 14.4. The van der Waals surface area contributed by atoms with Gasteiger partial charge in [-0.15, -0.1) is 12.5 Å². The molecular formula is C40H50Cl2Zr-2. The van der Waals surface area contributed by atoms with Gasteiger partial charge in [-0.2, -0.15) is 35.4 Å². The summed E-state index contributed by atoms with van der Waals surface area (Å²) in [6, 6.07) is 23.9. The monoisotopic (exact) mass is 690 g/mol. The molecule has 3 heteroatoms. The van der Waals surface area contributed by atoms with E-state index in [1.165, 1.54) is 79.9 Å². The summed E-state index contributed by atoms with van der Waals surface area (Å²) >= 11 is 1.46. The molecule has 0 saturated carbocycles. The molecule has 43 heavy (non-hydrogen) atoms. The summed E-state index contributed by atoms with van der Waals surface area (Å²) in [6.45, 7) is 26.8. The summed E-state index contributed by atoms with van der Waals surface area (Å²) in [5.41, 5.74) is 14.5. The van der Waals surface area contributed by atoms with Gasteiger partial charge in [0.25, 0.3) is 0 Å². The van der Waals surface area contributed by atoms with Gasteiger partial charge in [0.2, 0.25) is 0 Å². The molecule has 2 aliphatic rings. The van der Waals surface area contributed by atoms with E-state index in [9.17, 15) is 0 Å². The van der Waals surface area contributed by atoms with Crippen molar-refractivity contribution in [1.82, 2.24) is 0 Å². The molecular weight excluding hydrogens is 643 g/mol. The molecule has 0 bridgehead atoms. The number of hydrogen-bond acceptors (Lipinski definition) is 0. The van der Waals surface area contributed by atoms with Crippen LogP contribution in [-0.4, -0.2) is 3.71 Å². The summed E-state index contributed by atoms with van der Waals surface area (Å²) in [7, 11) is 0. The van der Waals surface area contributed by atoms with Crippen LogP contribution in [0.3, 0.4) is 0 Å². The van der Waals surface area contributed by atoms with E-state index in [0.29, 0.717) is 5.92 Å². The number of rotatable bonds is 1. The molecule has 0 N–H and O–H groups in total. The van der Waals surface area contributed by atoms with Crippen molar-refractivity contribution >= 4 is 3.71 Å². The van der Waals surface area contributed by atoms with E-state index >= 15 is 0 Å². The van der Waals surface area contributed by atoms with Crippen LogP contribution in [0.5, 0.6) is 0 Å². The summed E-state index contributed by atoms with van der Waals surface area (Å²) in [5, 5.41) is 0. The molecule has 230 valence electrons. The molecule has 0 nitrogen and oxygen atoms in total. The first-order valence-corrected chi connectivity index (χ1v) is 16.4. The molecule has 0 fully saturated rings. The van der Waals surface area contributed by atoms with Crippen molar-refractivity contribution in [2.24, 2.45) is 5.92 Å². The summed E-state index contributed by atoms with van der Waals surface area (Å²) in [6.07, 6.45) is 6.55. The van der Waals surface area contributed by atoms with Gasteiger partial charge in [0, 0.05) is 0 Å². The van der Waals surface area contributed by atoms with Crippen molar-refractivity contribution in [1.29, 1.82) is 0 Å². The average Bonchev–Trinajstić information content (AvgIpc) is 3.39. The first kappa shape index (κ1) is 39.5. The number of allylic oxidation sites excluding steroid dienone is 4. The molecule has 1 atom stereocenters. The van der Waals surface area contributed by atoms with Crippen molar-refractivity contribution < 1.29 is 49.0 Å². The molecule has 0 spiro atoms. The Morgan fingerprint density at radius 2 is 1.23 bits per heavy atom. The van der Waals surface area contributed by atoms with Crippen LogP contribution in [0, 0.1) is 18.1 Å². The second kappa shape index (κ2) is 15.7. The summed E-state index contributed by atoms with van der Waals surface area (Å²) in [4.78, 5) is 0. The quantitative estimate of drug-likeness (QED) is 0.255. The molecule has 0 aliphatic heterocycles. The molecule has 5 rings (SSSR count). The maximum absolute atomic E-state index is 3.53. The Bertz CT molecular complexity index is 1360. The van der Waals surface area contributed by atoms with E-state index in [0.717, 1.165) is 6.42 Å². The van der Waals surface area contributed by atoms with Gasteiger partial charge in [-0.3, -0.25) is 6.08 Å². The smallest absolute Gasteiger partial charge is 0.0733 e. The molecule has 0 aromatic heterocycles. The molecule has 0 saturated heterocycles. The third kappa shape index (κ3) is 10.8. The second-order valence-electron chi connectivity index (χ2n) is 14.8. The van der Waals surface area contributed by atoms with Crippen molar-refractivity contribution in [2.45, 2.75) is 106 Å². The van der Waals surface area contributed by atoms with Gasteiger partial charge in [0.1, 0.15) is 0 Å². The predicted molar refractivity (Wildman–Crippen MR) is 177 cm³/mol. The van der Waals surface area contributed by atoms with Crippen LogP contribution in [0.25, 0.3) is 11.1 Å². The van der Waals surface area contributed by atoms with E-state index in [1.807, 2.05) is 0 Å². The predicted octanol–water partition coefficient (Wildman–Crippen LogP) is 4.67. The molecule has 3 aromatic carbocycles. The Morgan fingerprint density at radius 3 is 1.65 bits per heavy atom. The Hall–Kier alpha value is -1.53. The number of fused-ring (bicyclic) bond motifs is 3. The third-order valence-electron chi connectivity index (χ3n) is 8.01. The van der Waals surface area contributed by atoms with E-state index in [2.05, 4.69) is 160 Å². The van der Waals surface area contributed by atoms with Crippen LogP contribution < -0.4 is 24.8 Å². The van der Waals surface area contributed by atoms with E-state index in [-0.39, 0.29) is 41.1 Å². The minimum Gasteiger partial charge on any atom is -1.00 e. The van der Waals surface area contributed by atoms with Crippen molar-refractivity contribution in [2.75, 3.05) is 0 Å². The minimum atomic E-state index is 0. The number of benzene rings is 3. The Balaban J connectivity index is 0.000000357. The van der Waals surface area contributed by atoms with Crippen LogP contribution in [0.2, 0.25) is 0 Å². The zero-order valence-corrected chi connectivity index (χ0v) is 32.4. The van der Waals surface area contributed by atoms with Crippen LogP contribution in [0.15, 0.2) is 71.8 Å². The standard InChI is InChI=1S/C21H25.C11H14.C8H11.2ClH.Zr/c1-20(2,3)16-9-7-14-11-15-8-10-17(21(4,5)6)13-19(15)18(14)12-16;1-9-5-7-10(8-6-9)11(2,3)4;1-6-4-7(2)8(3)5-6;;;/h7,9-10,12-13H,11H2,1-6H3;1,5-8H,2-4H3;4,6H,1-3H3;2*1H;/q-1;;-1;;;+2/p-2. The van der Waals surface area contributed by atoms with Crippen molar-refractivity contribution in [3.63, 3.8) is 0 Å². The molecule has 0 heterocycles. The van der Waals surface area contributed by atoms with E-state index in [1.54, 1.807) is 0 Å². The fourth-order valence-corrected chi connectivity index (χ4v) is 5.53. The SMILES string of the molecule is CC(C)(C)c1c[c-]c2c(c1)-c1cc(C(C)(C)C)ccc1C2.CC(C)(C)c1ccc([CH]=[Zr+2])cc1.CC1=[C-]C(C)C=C1C.[Cl-].[Cl-]. The van der Waals surface area contributed by atoms with Gasteiger partial charge in [0.05, 0.1) is 0 Å². The molecule has 1 unspecified atom stereocenters. The van der Waals surface area contributed by atoms with E-state index in [4.69, 9.17) is 0 Å². The second-order valence-corrected chi connectivity index (χ2v) is 15.5. The van der Waals surface area contributed by atoms with Crippen LogP contribution in [-0.2, 0) is 46.9 Å². The first-order valence-electron chi connectivity index (χ1n) is 15.0. The maximum Gasteiger partial charge on any atom is -0.0733 e. The van der Waals surface area contributed by atoms with Crippen LogP contribution in [0.4, 0.5) is 0 Å². The summed E-state index contributed by atoms with van der Waals surface area (Å²) in [5.74, 6) is 0.551. The minimum absolute atomic E-state index is 0. The van der Waals surface area contributed by atoms with E-state index < -0.39 is 0 Å². The average molecular weight is 693 g/mol. The molecule has 2 aliphatic carbocycles. The number of halogens is 2. The Morgan fingerprint density at radius 1 is 0.721 bits per heavy atom. The van der Waals surface area contributed by atoms with Gasteiger partial charge in [-0.05, 0) is 17.4 Å². The van der Waals surface area contributed by atoms with Gasteiger partial charge in [-0.1, -0.05) is 96.0 Å². The van der Waals surface area contributed by atoms with Crippen molar-refractivity contribution in [3.8, 4) is 11.1 Å². The molecule has 0 amide bonds. The maximum atomic E-state index is 3.53. The van der Waals surface area contributed by atoms with Gasteiger partial charge in [0.15, 0.2) is 0 Å². The fourth-order valence-electron chi connectivity index (χ4n) is 5.06. The van der Waals surface area contributed by atoms with Gasteiger partial charge < -0.3 is 24.8 Å². The summed E-state index contributed by atoms with van der Waals surface area (Å²) < 4.78 is 2.21. The number of hydrogen-bond donors (Lipinski definition) is 0. The molecule has 3 aromatic rings. The Labute approximate surface area is 291 Å². The zero-order chi connectivity index (χ0) is 30.8. The first-order chi connectivity index (χ1) is 18.9. The normalized spacial score (nSPS) is 15.2. The van der Waals surface area contributed by atoms with Crippen molar-refractivity contribution in [3.05, 3.63) is 117 Å². The van der Waals surface area contributed by atoms with Crippen LogP contribution in [0.1, 0.15) is 116 Å². The topological polar surface area (TPSA) is 0 Å². The zero-order valence-electron chi connectivity index (χ0n) is 28.4. The van der Waals surface area contributed by atoms with Gasteiger partial charge >= 0.3 is 89.5 Å². The van der Waals surface area contributed by atoms with Gasteiger partial charge in [-0.25, -0.2) is 11.1 Å². The largest absolute Gasteiger partial charge is 1.00 e.